The van der Waals surface area contributed by atoms with Crippen molar-refractivity contribution in [2.75, 3.05) is 40.5 Å². The predicted octanol–water partition coefficient (Wildman–Crippen LogP) is 2.93. The lowest BCUT2D eigenvalue weighted by Gasteiger charge is -2.33. The van der Waals surface area contributed by atoms with E-state index in [1.54, 1.807) is 14.2 Å². The maximum Gasteiger partial charge on any atom is 0.254 e. The van der Waals surface area contributed by atoms with Crippen LogP contribution in [0, 0.1) is 6.92 Å². The molecule has 0 saturated carbocycles. The van der Waals surface area contributed by atoms with Crippen molar-refractivity contribution >= 4 is 5.91 Å². The van der Waals surface area contributed by atoms with Crippen LogP contribution in [0.25, 0.3) is 0 Å². The number of hydrogen-bond donors (Lipinski definition) is 0. The zero-order chi connectivity index (χ0) is 19.2. The van der Waals surface area contributed by atoms with E-state index in [-0.39, 0.29) is 12.0 Å². The number of nitrogens with zero attached hydrogens (tertiary/aromatic N) is 1. The summed E-state index contributed by atoms with van der Waals surface area (Å²) in [6.45, 7) is 3.78. The minimum Gasteiger partial charge on any atom is -0.493 e. The summed E-state index contributed by atoms with van der Waals surface area (Å²) in [6.07, 6.45) is -0.221. The van der Waals surface area contributed by atoms with Crippen LogP contribution in [0.5, 0.6) is 17.2 Å². The number of carbonyl (C=O) groups is 1. The Morgan fingerprint density at radius 2 is 1.81 bits per heavy atom. The fourth-order valence-corrected chi connectivity index (χ4v) is 3.12. The van der Waals surface area contributed by atoms with Crippen molar-refractivity contribution in [2.45, 2.75) is 13.0 Å². The van der Waals surface area contributed by atoms with Gasteiger partial charge in [0.15, 0.2) is 11.5 Å². The van der Waals surface area contributed by atoms with Crippen LogP contribution in [0.3, 0.4) is 0 Å². The molecule has 1 amide bonds. The number of carbonyl (C=O) groups excluding carboxylic acids is 1. The molecule has 6 heteroatoms. The van der Waals surface area contributed by atoms with Gasteiger partial charge >= 0.3 is 0 Å². The molecular weight excluding hydrogens is 346 g/mol. The number of methoxy groups -OCH3 is 2. The van der Waals surface area contributed by atoms with Crippen LogP contribution >= 0.6 is 0 Å². The van der Waals surface area contributed by atoms with E-state index in [0.29, 0.717) is 43.6 Å². The van der Waals surface area contributed by atoms with Gasteiger partial charge in [-0.3, -0.25) is 4.79 Å². The first-order valence-electron chi connectivity index (χ1n) is 8.94. The SMILES string of the molecule is COc1cccc(OC)c1OCC1CN(C(=O)c2ccccc2C)CCO1. The van der Waals surface area contributed by atoms with Gasteiger partial charge in [0.1, 0.15) is 12.7 Å². The van der Waals surface area contributed by atoms with Gasteiger partial charge in [0.25, 0.3) is 5.91 Å². The van der Waals surface area contributed by atoms with Gasteiger partial charge in [0.05, 0.1) is 27.4 Å². The van der Waals surface area contributed by atoms with E-state index >= 15 is 0 Å². The quantitative estimate of drug-likeness (QED) is 0.781. The van der Waals surface area contributed by atoms with Crippen molar-refractivity contribution in [2.24, 2.45) is 0 Å². The molecule has 27 heavy (non-hydrogen) atoms. The smallest absolute Gasteiger partial charge is 0.254 e. The highest BCUT2D eigenvalue weighted by Gasteiger charge is 2.27. The van der Waals surface area contributed by atoms with E-state index in [4.69, 9.17) is 18.9 Å². The Labute approximate surface area is 159 Å². The monoisotopic (exact) mass is 371 g/mol. The van der Waals surface area contributed by atoms with Crippen molar-refractivity contribution in [3.8, 4) is 17.2 Å². The summed E-state index contributed by atoms with van der Waals surface area (Å²) < 4.78 is 22.4. The molecule has 0 spiro atoms. The van der Waals surface area contributed by atoms with Crippen LogP contribution < -0.4 is 14.2 Å². The molecule has 3 rings (SSSR count). The largest absolute Gasteiger partial charge is 0.493 e. The molecule has 2 aromatic carbocycles. The van der Waals surface area contributed by atoms with Gasteiger partial charge < -0.3 is 23.8 Å². The van der Waals surface area contributed by atoms with Crippen LogP contribution in [-0.4, -0.2) is 57.4 Å². The van der Waals surface area contributed by atoms with Gasteiger partial charge in [0.2, 0.25) is 5.75 Å². The van der Waals surface area contributed by atoms with Crippen molar-refractivity contribution in [3.05, 3.63) is 53.6 Å². The zero-order valence-corrected chi connectivity index (χ0v) is 15.9. The summed E-state index contributed by atoms with van der Waals surface area (Å²) in [4.78, 5) is 14.6. The van der Waals surface area contributed by atoms with Gasteiger partial charge in [-0.05, 0) is 30.7 Å². The number of amides is 1. The number of aryl methyl sites for hydroxylation is 1. The van der Waals surface area contributed by atoms with E-state index in [1.807, 2.05) is 54.3 Å². The fraction of sp³-hybridized carbons (Fsp3) is 0.381. The maximum absolute atomic E-state index is 12.8. The minimum absolute atomic E-state index is 0.0243. The zero-order valence-electron chi connectivity index (χ0n) is 15.9. The van der Waals surface area contributed by atoms with Gasteiger partial charge in [-0.2, -0.15) is 0 Å². The lowest BCUT2D eigenvalue weighted by atomic mass is 10.1. The molecule has 2 aromatic rings. The third-order valence-electron chi connectivity index (χ3n) is 4.60. The number of rotatable bonds is 6. The molecule has 0 radical (unpaired) electrons. The number of ether oxygens (including phenoxy) is 4. The highest BCUT2D eigenvalue weighted by molar-refractivity contribution is 5.95. The predicted molar refractivity (Wildman–Crippen MR) is 102 cm³/mol. The minimum atomic E-state index is -0.221. The molecule has 6 nitrogen and oxygen atoms in total. The number of morpholine rings is 1. The molecule has 144 valence electrons. The van der Waals surface area contributed by atoms with Gasteiger partial charge in [0, 0.05) is 12.1 Å². The van der Waals surface area contributed by atoms with Crippen LogP contribution in [0.1, 0.15) is 15.9 Å². The molecule has 1 aliphatic heterocycles. The van der Waals surface area contributed by atoms with E-state index in [9.17, 15) is 4.79 Å². The summed E-state index contributed by atoms with van der Waals surface area (Å²) in [5, 5.41) is 0. The standard InChI is InChI=1S/C21H25NO5/c1-15-7-4-5-8-17(15)21(23)22-11-12-26-16(13-22)14-27-20-18(24-2)9-6-10-19(20)25-3/h4-10,16H,11-14H2,1-3H3. The van der Waals surface area contributed by atoms with Crippen LogP contribution in [0.4, 0.5) is 0 Å². The highest BCUT2D eigenvalue weighted by atomic mass is 16.6. The van der Waals surface area contributed by atoms with E-state index in [2.05, 4.69) is 0 Å². The van der Waals surface area contributed by atoms with E-state index in [1.165, 1.54) is 0 Å². The summed E-state index contributed by atoms with van der Waals surface area (Å²) in [6, 6.07) is 13.1. The molecule has 0 bridgehead atoms. The molecule has 1 heterocycles. The second-order valence-electron chi connectivity index (χ2n) is 6.36. The van der Waals surface area contributed by atoms with Crippen molar-refractivity contribution in [3.63, 3.8) is 0 Å². The first kappa shape index (κ1) is 19.0. The third-order valence-corrected chi connectivity index (χ3v) is 4.60. The topological polar surface area (TPSA) is 57.2 Å². The van der Waals surface area contributed by atoms with Crippen molar-refractivity contribution < 1.29 is 23.7 Å². The number of para-hydroxylation sites is 1. The average Bonchev–Trinajstić information content (AvgIpc) is 2.72. The van der Waals surface area contributed by atoms with E-state index in [0.717, 1.165) is 11.1 Å². The summed E-state index contributed by atoms with van der Waals surface area (Å²) >= 11 is 0. The molecule has 1 saturated heterocycles. The molecule has 0 aliphatic carbocycles. The molecular formula is C21H25NO5. The highest BCUT2D eigenvalue weighted by Crippen LogP contribution is 2.36. The second kappa shape index (κ2) is 8.77. The lowest BCUT2D eigenvalue weighted by molar-refractivity contribution is -0.0406. The van der Waals surface area contributed by atoms with E-state index < -0.39 is 0 Å². The van der Waals surface area contributed by atoms with Crippen LogP contribution in [0.2, 0.25) is 0 Å². The molecule has 1 fully saturated rings. The first-order valence-corrected chi connectivity index (χ1v) is 8.94. The molecule has 1 atom stereocenters. The number of benzene rings is 2. The molecule has 0 N–H and O–H groups in total. The summed E-state index contributed by atoms with van der Waals surface area (Å²) in [5.41, 5.74) is 1.70. The van der Waals surface area contributed by atoms with Crippen LogP contribution in [0.15, 0.2) is 42.5 Å². The summed E-state index contributed by atoms with van der Waals surface area (Å²) in [7, 11) is 3.17. The van der Waals surface area contributed by atoms with Crippen molar-refractivity contribution in [1.29, 1.82) is 0 Å². The first-order chi connectivity index (χ1) is 13.1. The van der Waals surface area contributed by atoms with Gasteiger partial charge in [-0.15, -0.1) is 0 Å². The molecule has 1 aliphatic rings. The lowest BCUT2D eigenvalue weighted by Crippen LogP contribution is -2.47. The number of hydrogen-bond acceptors (Lipinski definition) is 5. The average molecular weight is 371 g/mol. The fourth-order valence-electron chi connectivity index (χ4n) is 3.12. The van der Waals surface area contributed by atoms with Crippen LogP contribution in [-0.2, 0) is 4.74 Å². The Morgan fingerprint density at radius 3 is 2.48 bits per heavy atom. The Hall–Kier alpha value is -2.73. The summed E-state index contributed by atoms with van der Waals surface area (Å²) in [5.74, 6) is 1.75. The Bertz CT molecular complexity index is 770. The third kappa shape index (κ3) is 4.34. The Balaban J connectivity index is 1.66. The Kier molecular flexibility index (Phi) is 6.19. The molecule has 1 unspecified atom stereocenters. The van der Waals surface area contributed by atoms with Gasteiger partial charge in [-0.1, -0.05) is 24.3 Å². The molecule has 0 aromatic heterocycles. The van der Waals surface area contributed by atoms with Gasteiger partial charge in [-0.25, -0.2) is 0 Å². The normalized spacial score (nSPS) is 16.7. The second-order valence-corrected chi connectivity index (χ2v) is 6.36. The van der Waals surface area contributed by atoms with Crippen molar-refractivity contribution in [1.82, 2.24) is 4.90 Å². The Morgan fingerprint density at radius 1 is 1.11 bits per heavy atom. The maximum atomic E-state index is 12.8.